The Bertz CT molecular complexity index is 661. The summed E-state index contributed by atoms with van der Waals surface area (Å²) in [5.74, 6) is -0.0120. The molecule has 0 saturated carbocycles. The first kappa shape index (κ1) is 17.4. The van der Waals surface area contributed by atoms with E-state index >= 15 is 0 Å². The van der Waals surface area contributed by atoms with Crippen LogP contribution in [-0.2, 0) is 14.8 Å². The quantitative estimate of drug-likeness (QED) is 0.810. The van der Waals surface area contributed by atoms with Crippen molar-refractivity contribution >= 4 is 21.6 Å². The number of sulfonamides is 1. The van der Waals surface area contributed by atoms with Gasteiger partial charge >= 0.3 is 0 Å². The predicted molar refractivity (Wildman–Crippen MR) is 92.5 cm³/mol. The monoisotopic (exact) mass is 352 g/mol. The summed E-state index contributed by atoms with van der Waals surface area (Å²) in [4.78, 5) is 13.7. The first-order chi connectivity index (χ1) is 11.6. The largest absolute Gasteiger partial charge is 0.327 e. The molecule has 132 valence electrons. The van der Waals surface area contributed by atoms with Gasteiger partial charge < -0.3 is 10.2 Å². The minimum absolute atomic E-state index is 0.0120. The number of carbonyl (C=O) groups excluding carboxylic acids is 1. The Balaban J connectivity index is 1.58. The Hall–Kier alpha value is -1.44. The number of likely N-dealkylation sites (tertiary alicyclic amines) is 1. The third kappa shape index (κ3) is 4.15. The van der Waals surface area contributed by atoms with Crippen LogP contribution in [0.1, 0.15) is 32.1 Å². The van der Waals surface area contributed by atoms with Crippen LogP contribution in [0, 0.1) is 0 Å². The van der Waals surface area contributed by atoms with E-state index < -0.39 is 10.0 Å². The molecule has 2 aliphatic heterocycles. The van der Waals surface area contributed by atoms with Gasteiger partial charge in [0.05, 0.1) is 18.0 Å². The highest BCUT2D eigenvalue weighted by Crippen LogP contribution is 2.22. The molecule has 2 heterocycles. The van der Waals surface area contributed by atoms with Crippen LogP contribution in [0.3, 0.4) is 0 Å². The summed E-state index contributed by atoms with van der Waals surface area (Å²) < 4.78 is 26.5. The molecular weight excluding hydrogens is 326 g/mol. The number of benzene rings is 1. The standard InChI is InChI=1S/C17H25N3O3S/c21-17(14-19-10-2-1-3-11-19)18-15-6-8-16(9-7-15)24(22,23)20-12-4-5-13-20/h6-9H,1-5,10-14H2,(H,18,21)/p+1. The van der Waals surface area contributed by atoms with Crippen LogP contribution in [-0.4, -0.2) is 51.4 Å². The van der Waals surface area contributed by atoms with Gasteiger partial charge in [-0.05, 0) is 56.4 Å². The second-order valence-electron chi connectivity index (χ2n) is 6.67. The second-order valence-corrected chi connectivity index (χ2v) is 8.61. The maximum atomic E-state index is 12.5. The van der Waals surface area contributed by atoms with Crippen molar-refractivity contribution in [3.8, 4) is 0 Å². The molecule has 6 nitrogen and oxygen atoms in total. The van der Waals surface area contributed by atoms with E-state index in [1.54, 1.807) is 24.3 Å². The number of anilines is 1. The molecule has 24 heavy (non-hydrogen) atoms. The Morgan fingerprint density at radius 2 is 1.62 bits per heavy atom. The molecule has 1 amide bonds. The molecule has 1 aromatic rings. The fourth-order valence-corrected chi connectivity index (χ4v) is 4.97. The number of carbonyl (C=O) groups is 1. The summed E-state index contributed by atoms with van der Waals surface area (Å²) in [5.41, 5.74) is 0.650. The number of rotatable bonds is 5. The molecule has 2 N–H and O–H groups in total. The highest BCUT2D eigenvalue weighted by Gasteiger charge is 2.27. The maximum Gasteiger partial charge on any atom is 0.279 e. The molecule has 0 bridgehead atoms. The molecule has 2 saturated heterocycles. The van der Waals surface area contributed by atoms with Gasteiger partial charge in [0.1, 0.15) is 0 Å². The van der Waals surface area contributed by atoms with Gasteiger partial charge in [0, 0.05) is 18.8 Å². The molecule has 3 rings (SSSR count). The summed E-state index contributed by atoms with van der Waals surface area (Å²) in [5, 5.41) is 2.87. The van der Waals surface area contributed by atoms with Gasteiger partial charge in [0.2, 0.25) is 10.0 Å². The molecule has 0 radical (unpaired) electrons. The molecule has 2 aliphatic rings. The van der Waals surface area contributed by atoms with Crippen molar-refractivity contribution in [3.05, 3.63) is 24.3 Å². The maximum absolute atomic E-state index is 12.5. The third-order valence-electron chi connectivity index (χ3n) is 4.81. The van der Waals surface area contributed by atoms with Gasteiger partial charge in [-0.1, -0.05) is 0 Å². The van der Waals surface area contributed by atoms with Crippen molar-refractivity contribution in [2.45, 2.75) is 37.0 Å². The number of hydrogen-bond acceptors (Lipinski definition) is 3. The lowest BCUT2D eigenvalue weighted by molar-refractivity contribution is -0.896. The Morgan fingerprint density at radius 1 is 1.00 bits per heavy atom. The number of quaternary nitrogens is 1. The molecule has 0 aromatic heterocycles. The molecule has 0 atom stereocenters. The van der Waals surface area contributed by atoms with Gasteiger partial charge in [-0.2, -0.15) is 4.31 Å². The summed E-state index contributed by atoms with van der Waals surface area (Å²) >= 11 is 0. The van der Waals surface area contributed by atoms with E-state index in [1.165, 1.54) is 28.5 Å². The van der Waals surface area contributed by atoms with E-state index in [0.717, 1.165) is 25.9 Å². The highest BCUT2D eigenvalue weighted by molar-refractivity contribution is 7.89. The number of piperidine rings is 1. The van der Waals surface area contributed by atoms with Gasteiger partial charge in [-0.25, -0.2) is 8.42 Å². The Labute approximate surface area is 143 Å². The minimum atomic E-state index is -3.39. The molecule has 0 unspecified atom stereocenters. The van der Waals surface area contributed by atoms with Crippen LogP contribution in [0.5, 0.6) is 0 Å². The lowest BCUT2D eigenvalue weighted by Gasteiger charge is -2.22. The summed E-state index contributed by atoms with van der Waals surface area (Å²) in [6, 6.07) is 6.51. The van der Waals surface area contributed by atoms with Gasteiger partial charge in [0.25, 0.3) is 5.91 Å². The highest BCUT2D eigenvalue weighted by atomic mass is 32.2. The van der Waals surface area contributed by atoms with Crippen LogP contribution in [0.15, 0.2) is 29.2 Å². The van der Waals surface area contributed by atoms with Gasteiger partial charge in [-0.15, -0.1) is 0 Å². The van der Waals surface area contributed by atoms with Crippen molar-refractivity contribution in [2.75, 3.05) is 38.0 Å². The minimum Gasteiger partial charge on any atom is -0.327 e. The Morgan fingerprint density at radius 3 is 2.25 bits per heavy atom. The van der Waals surface area contributed by atoms with Crippen molar-refractivity contribution in [2.24, 2.45) is 0 Å². The average Bonchev–Trinajstić information content (AvgIpc) is 3.11. The van der Waals surface area contributed by atoms with E-state index in [4.69, 9.17) is 0 Å². The van der Waals surface area contributed by atoms with Crippen LogP contribution in [0.2, 0.25) is 0 Å². The number of hydrogen-bond donors (Lipinski definition) is 2. The van der Waals surface area contributed by atoms with Crippen LogP contribution in [0.4, 0.5) is 5.69 Å². The second kappa shape index (κ2) is 7.63. The van der Waals surface area contributed by atoms with E-state index in [1.807, 2.05) is 0 Å². The Kier molecular flexibility index (Phi) is 5.53. The number of nitrogens with zero attached hydrogens (tertiary/aromatic N) is 1. The summed E-state index contributed by atoms with van der Waals surface area (Å²) in [6.07, 6.45) is 5.48. The zero-order valence-corrected chi connectivity index (χ0v) is 14.8. The van der Waals surface area contributed by atoms with E-state index in [9.17, 15) is 13.2 Å². The lowest BCUT2D eigenvalue weighted by Crippen LogP contribution is -3.13. The predicted octanol–water partition coefficient (Wildman–Crippen LogP) is 0.478. The zero-order valence-electron chi connectivity index (χ0n) is 14.0. The molecule has 2 fully saturated rings. The average molecular weight is 352 g/mol. The summed E-state index contributed by atoms with van der Waals surface area (Å²) in [7, 11) is -3.39. The molecule has 1 aromatic carbocycles. The third-order valence-corrected chi connectivity index (χ3v) is 6.72. The van der Waals surface area contributed by atoms with Crippen LogP contribution < -0.4 is 10.2 Å². The fraction of sp³-hybridized carbons (Fsp3) is 0.588. The first-order valence-corrected chi connectivity index (χ1v) is 10.2. The molecule has 0 aliphatic carbocycles. The summed E-state index contributed by atoms with van der Waals surface area (Å²) in [6.45, 7) is 3.79. The molecule has 0 spiro atoms. The van der Waals surface area contributed by atoms with Crippen molar-refractivity contribution in [1.82, 2.24) is 4.31 Å². The van der Waals surface area contributed by atoms with E-state index in [0.29, 0.717) is 30.2 Å². The van der Waals surface area contributed by atoms with Gasteiger partial charge in [-0.3, -0.25) is 4.79 Å². The first-order valence-electron chi connectivity index (χ1n) is 8.79. The molecular formula is C17H26N3O3S+. The number of amides is 1. The van der Waals surface area contributed by atoms with Crippen molar-refractivity contribution < 1.29 is 18.1 Å². The van der Waals surface area contributed by atoms with Crippen LogP contribution >= 0.6 is 0 Å². The lowest BCUT2D eigenvalue weighted by atomic mass is 10.1. The van der Waals surface area contributed by atoms with Gasteiger partial charge in [0.15, 0.2) is 6.54 Å². The normalized spacial score (nSPS) is 20.2. The van der Waals surface area contributed by atoms with Crippen LogP contribution in [0.25, 0.3) is 0 Å². The van der Waals surface area contributed by atoms with E-state index in [-0.39, 0.29) is 5.91 Å². The van der Waals surface area contributed by atoms with Crippen molar-refractivity contribution in [3.63, 3.8) is 0 Å². The molecule has 7 heteroatoms. The van der Waals surface area contributed by atoms with E-state index in [2.05, 4.69) is 5.32 Å². The fourth-order valence-electron chi connectivity index (χ4n) is 3.45. The number of nitrogens with one attached hydrogen (secondary N) is 2. The SMILES string of the molecule is O=C(C[NH+]1CCCCC1)Nc1ccc(S(=O)(=O)N2CCCC2)cc1. The zero-order chi connectivity index (χ0) is 17.0. The van der Waals surface area contributed by atoms with Crippen molar-refractivity contribution in [1.29, 1.82) is 0 Å². The topological polar surface area (TPSA) is 70.9 Å². The smallest absolute Gasteiger partial charge is 0.279 e.